The maximum absolute atomic E-state index is 11.9. The highest BCUT2D eigenvalue weighted by atomic mass is 35.5. The van der Waals surface area contributed by atoms with Crippen molar-refractivity contribution in [1.29, 1.82) is 0 Å². The second-order valence-electron chi connectivity index (χ2n) is 5.31. The molecule has 0 aliphatic carbocycles. The lowest BCUT2D eigenvalue weighted by Crippen LogP contribution is -2.54. The Morgan fingerprint density at radius 2 is 2.15 bits per heavy atom. The summed E-state index contributed by atoms with van der Waals surface area (Å²) in [4.78, 5) is 14.2. The average molecular weight is 296 g/mol. The van der Waals surface area contributed by atoms with Crippen molar-refractivity contribution in [1.82, 2.24) is 10.2 Å². The molecule has 1 aromatic rings. The quantitative estimate of drug-likeness (QED) is 0.893. The Hall–Kier alpha value is -1.26. The third kappa shape index (κ3) is 2.76. The minimum Gasteiger partial charge on any atom is -0.384 e. The molecule has 2 aliphatic rings. The predicted octanol–water partition coefficient (Wildman–Crippen LogP) is 1.79. The molecule has 4 nitrogen and oxygen atoms in total. The SMILES string of the molecule is CCC1C(=O)NCCN1Cc1cccc2c1NCC2.Cl. The van der Waals surface area contributed by atoms with Crippen molar-refractivity contribution in [3.63, 3.8) is 0 Å². The lowest BCUT2D eigenvalue weighted by atomic mass is 10.0. The van der Waals surface area contributed by atoms with Gasteiger partial charge in [0.15, 0.2) is 0 Å². The third-order valence-electron chi connectivity index (χ3n) is 4.13. The lowest BCUT2D eigenvalue weighted by molar-refractivity contribution is -0.129. The highest BCUT2D eigenvalue weighted by molar-refractivity contribution is 5.85. The molecule has 2 aliphatic heterocycles. The van der Waals surface area contributed by atoms with Gasteiger partial charge in [-0.25, -0.2) is 0 Å². The topological polar surface area (TPSA) is 44.4 Å². The zero-order valence-corrected chi connectivity index (χ0v) is 12.6. The largest absolute Gasteiger partial charge is 0.384 e. The van der Waals surface area contributed by atoms with Crippen molar-refractivity contribution in [3.05, 3.63) is 29.3 Å². The van der Waals surface area contributed by atoms with Crippen molar-refractivity contribution in [2.45, 2.75) is 32.4 Å². The maximum Gasteiger partial charge on any atom is 0.237 e. The van der Waals surface area contributed by atoms with E-state index in [-0.39, 0.29) is 24.4 Å². The van der Waals surface area contributed by atoms with Crippen molar-refractivity contribution < 1.29 is 4.79 Å². The summed E-state index contributed by atoms with van der Waals surface area (Å²) in [6, 6.07) is 6.52. The number of hydrogen-bond donors (Lipinski definition) is 2. The number of carbonyl (C=O) groups is 1. The van der Waals surface area contributed by atoms with Gasteiger partial charge in [-0.3, -0.25) is 9.69 Å². The highest BCUT2D eigenvalue weighted by Gasteiger charge is 2.28. The predicted molar refractivity (Wildman–Crippen MR) is 83.4 cm³/mol. The van der Waals surface area contributed by atoms with Gasteiger partial charge in [0.05, 0.1) is 6.04 Å². The van der Waals surface area contributed by atoms with Crippen LogP contribution in [-0.4, -0.2) is 36.5 Å². The first-order valence-corrected chi connectivity index (χ1v) is 7.16. The molecule has 2 N–H and O–H groups in total. The first kappa shape index (κ1) is 15.1. The Morgan fingerprint density at radius 3 is 2.95 bits per heavy atom. The molecule has 20 heavy (non-hydrogen) atoms. The molecule has 2 heterocycles. The molecule has 3 rings (SSSR count). The van der Waals surface area contributed by atoms with Gasteiger partial charge in [-0.1, -0.05) is 25.1 Å². The van der Waals surface area contributed by atoms with E-state index < -0.39 is 0 Å². The van der Waals surface area contributed by atoms with Crippen LogP contribution in [0, 0.1) is 0 Å². The molecule has 1 fully saturated rings. The van der Waals surface area contributed by atoms with Crippen molar-refractivity contribution in [3.8, 4) is 0 Å². The number of nitrogens with zero attached hydrogens (tertiary/aromatic N) is 1. The van der Waals surface area contributed by atoms with Gasteiger partial charge in [-0.15, -0.1) is 12.4 Å². The van der Waals surface area contributed by atoms with Gasteiger partial charge < -0.3 is 10.6 Å². The molecule has 1 amide bonds. The molecule has 1 unspecified atom stereocenters. The maximum atomic E-state index is 11.9. The highest BCUT2D eigenvalue weighted by Crippen LogP contribution is 2.28. The summed E-state index contributed by atoms with van der Waals surface area (Å²) in [6.45, 7) is 5.67. The molecule has 0 radical (unpaired) electrons. The van der Waals surface area contributed by atoms with E-state index in [1.54, 1.807) is 0 Å². The molecule has 5 heteroatoms. The fraction of sp³-hybridized carbons (Fsp3) is 0.533. The molecule has 0 aromatic heterocycles. The number of hydrogen-bond acceptors (Lipinski definition) is 3. The standard InChI is InChI=1S/C15H21N3O.ClH/c1-2-13-15(19)17-8-9-18(13)10-12-5-3-4-11-6-7-16-14(11)12;/h3-5,13,16H,2,6-10H2,1H3,(H,17,19);1H. The van der Waals surface area contributed by atoms with Crippen LogP contribution in [0.1, 0.15) is 24.5 Å². The number of nitrogens with one attached hydrogen (secondary N) is 2. The van der Waals surface area contributed by atoms with Crippen molar-refractivity contribution in [2.75, 3.05) is 25.0 Å². The minimum absolute atomic E-state index is 0. The fourth-order valence-electron chi connectivity index (χ4n) is 3.16. The van der Waals surface area contributed by atoms with Gasteiger partial charge in [-0.2, -0.15) is 0 Å². The second kappa shape index (κ2) is 6.46. The molecule has 0 bridgehead atoms. The van der Waals surface area contributed by atoms with Crippen molar-refractivity contribution in [2.24, 2.45) is 0 Å². The van der Waals surface area contributed by atoms with Gasteiger partial charge >= 0.3 is 0 Å². The third-order valence-corrected chi connectivity index (χ3v) is 4.13. The number of benzene rings is 1. The monoisotopic (exact) mass is 295 g/mol. The average Bonchev–Trinajstić information content (AvgIpc) is 2.88. The molecule has 0 spiro atoms. The normalized spacial score (nSPS) is 21.6. The Kier molecular flexibility index (Phi) is 4.89. The number of rotatable bonds is 3. The van der Waals surface area contributed by atoms with Crippen LogP contribution in [0.4, 0.5) is 5.69 Å². The van der Waals surface area contributed by atoms with Crippen molar-refractivity contribution >= 4 is 24.0 Å². The molecule has 0 saturated carbocycles. The molecule has 1 atom stereocenters. The van der Waals surface area contributed by atoms with E-state index in [0.29, 0.717) is 0 Å². The number of para-hydroxylation sites is 1. The molecule has 1 saturated heterocycles. The van der Waals surface area contributed by atoms with Crippen LogP contribution in [0.5, 0.6) is 0 Å². The number of anilines is 1. The number of amides is 1. The van der Waals surface area contributed by atoms with E-state index in [1.807, 2.05) is 0 Å². The lowest BCUT2D eigenvalue weighted by Gasteiger charge is -2.34. The van der Waals surface area contributed by atoms with Crippen LogP contribution in [0.2, 0.25) is 0 Å². The first-order valence-electron chi connectivity index (χ1n) is 7.16. The summed E-state index contributed by atoms with van der Waals surface area (Å²) < 4.78 is 0. The Labute approximate surface area is 126 Å². The van der Waals surface area contributed by atoms with E-state index >= 15 is 0 Å². The fourth-order valence-corrected chi connectivity index (χ4v) is 3.16. The number of halogens is 1. The van der Waals surface area contributed by atoms with E-state index in [2.05, 4.69) is 40.7 Å². The van der Waals surface area contributed by atoms with Gasteiger partial charge in [0.1, 0.15) is 0 Å². The van der Waals surface area contributed by atoms with Crippen LogP contribution < -0.4 is 10.6 Å². The number of carbonyl (C=O) groups excluding carboxylic acids is 1. The first-order chi connectivity index (χ1) is 9.29. The van der Waals surface area contributed by atoms with Crippen LogP contribution in [0.15, 0.2) is 18.2 Å². The van der Waals surface area contributed by atoms with Gasteiger partial charge in [0.2, 0.25) is 5.91 Å². The van der Waals surface area contributed by atoms with E-state index in [4.69, 9.17) is 0 Å². The van der Waals surface area contributed by atoms with Crippen LogP contribution in [0.25, 0.3) is 0 Å². The zero-order chi connectivity index (χ0) is 13.2. The molecular formula is C15H22ClN3O. The van der Waals surface area contributed by atoms with Gasteiger partial charge in [0, 0.05) is 31.9 Å². The molecular weight excluding hydrogens is 274 g/mol. The van der Waals surface area contributed by atoms with E-state index in [0.717, 1.165) is 39.0 Å². The minimum atomic E-state index is 0. The number of piperazine rings is 1. The van der Waals surface area contributed by atoms with Crippen LogP contribution in [0.3, 0.4) is 0 Å². The van der Waals surface area contributed by atoms with Gasteiger partial charge in [-0.05, 0) is 24.0 Å². The Balaban J connectivity index is 0.00000147. The number of fused-ring (bicyclic) bond motifs is 1. The summed E-state index contributed by atoms with van der Waals surface area (Å²) in [6.07, 6.45) is 1.98. The second-order valence-corrected chi connectivity index (χ2v) is 5.31. The van der Waals surface area contributed by atoms with E-state index in [1.165, 1.54) is 16.8 Å². The zero-order valence-electron chi connectivity index (χ0n) is 11.8. The molecule has 1 aromatic carbocycles. The van der Waals surface area contributed by atoms with Crippen LogP contribution in [-0.2, 0) is 17.8 Å². The summed E-state index contributed by atoms with van der Waals surface area (Å²) in [5, 5.41) is 6.43. The molecule has 110 valence electrons. The smallest absolute Gasteiger partial charge is 0.237 e. The van der Waals surface area contributed by atoms with Crippen LogP contribution >= 0.6 is 12.4 Å². The Bertz CT molecular complexity index is 492. The summed E-state index contributed by atoms with van der Waals surface area (Å²) in [5.74, 6) is 0.175. The summed E-state index contributed by atoms with van der Waals surface area (Å²) >= 11 is 0. The van der Waals surface area contributed by atoms with E-state index in [9.17, 15) is 4.79 Å². The van der Waals surface area contributed by atoms with Gasteiger partial charge in [0.25, 0.3) is 0 Å². The summed E-state index contributed by atoms with van der Waals surface area (Å²) in [7, 11) is 0. The Morgan fingerprint density at radius 1 is 1.30 bits per heavy atom. The summed E-state index contributed by atoms with van der Waals surface area (Å²) in [5.41, 5.74) is 4.03.